The molecule has 2 rings (SSSR count). The molecular weight excluding hydrogens is 265 g/mol. The van der Waals surface area contributed by atoms with Crippen molar-refractivity contribution in [2.24, 2.45) is 0 Å². The van der Waals surface area contributed by atoms with Crippen LogP contribution in [-0.4, -0.2) is 15.9 Å². The maximum atomic E-state index is 12.0. The third-order valence-corrected chi connectivity index (χ3v) is 2.49. The lowest BCUT2D eigenvalue weighted by atomic mass is 10.3. The van der Waals surface area contributed by atoms with E-state index in [1.165, 1.54) is 24.3 Å². The second-order valence-corrected chi connectivity index (χ2v) is 4.04. The number of aromatic amines is 1. The van der Waals surface area contributed by atoms with Gasteiger partial charge < -0.3 is 9.72 Å². The highest BCUT2D eigenvalue weighted by atomic mass is 32.1. The quantitative estimate of drug-likeness (QED) is 0.845. The predicted molar refractivity (Wildman–Crippen MR) is 62.4 cm³/mol. The van der Waals surface area contributed by atoms with Crippen molar-refractivity contribution in [1.82, 2.24) is 9.55 Å². The van der Waals surface area contributed by atoms with E-state index in [9.17, 15) is 13.2 Å². The number of H-pyrrole nitrogens is 1. The molecule has 0 spiro atoms. The third kappa shape index (κ3) is 2.92. The minimum Gasteiger partial charge on any atom is -0.406 e. The van der Waals surface area contributed by atoms with Crippen LogP contribution in [0.5, 0.6) is 5.75 Å². The molecule has 0 aliphatic rings. The summed E-state index contributed by atoms with van der Waals surface area (Å²) in [6.45, 7) is 1.84. The van der Waals surface area contributed by atoms with Gasteiger partial charge >= 0.3 is 6.36 Å². The lowest BCUT2D eigenvalue weighted by Crippen LogP contribution is -2.17. The molecule has 7 heteroatoms. The second-order valence-electron chi connectivity index (χ2n) is 3.65. The lowest BCUT2D eigenvalue weighted by molar-refractivity contribution is -0.274. The Hall–Kier alpha value is -1.76. The number of ether oxygens (including phenoxy) is 1. The van der Waals surface area contributed by atoms with Crippen LogP contribution in [0.2, 0.25) is 0 Å². The van der Waals surface area contributed by atoms with Gasteiger partial charge in [-0.1, -0.05) is 0 Å². The van der Waals surface area contributed by atoms with E-state index in [1.54, 1.807) is 10.8 Å². The summed E-state index contributed by atoms with van der Waals surface area (Å²) in [6.07, 6.45) is -2.91. The average Bonchev–Trinajstić information content (AvgIpc) is 2.57. The predicted octanol–water partition coefficient (Wildman–Crippen LogP) is 3.74. The van der Waals surface area contributed by atoms with E-state index in [1.807, 2.05) is 6.92 Å². The van der Waals surface area contributed by atoms with Gasteiger partial charge in [0.2, 0.25) is 0 Å². The number of aromatic nitrogens is 2. The van der Waals surface area contributed by atoms with Crippen molar-refractivity contribution in [1.29, 1.82) is 0 Å². The Morgan fingerprint density at radius 1 is 1.22 bits per heavy atom. The molecule has 0 atom stereocenters. The largest absolute Gasteiger partial charge is 0.573 e. The van der Waals surface area contributed by atoms with Gasteiger partial charge in [0.25, 0.3) is 0 Å². The number of nitrogens with zero attached hydrogens (tertiary/aromatic N) is 1. The second kappa shape index (κ2) is 4.49. The van der Waals surface area contributed by atoms with Gasteiger partial charge in [0.1, 0.15) is 5.75 Å². The molecule has 2 aromatic rings. The molecule has 0 radical (unpaired) electrons. The minimum absolute atomic E-state index is 0.259. The molecule has 0 unspecified atom stereocenters. The van der Waals surface area contributed by atoms with Crippen molar-refractivity contribution in [3.8, 4) is 11.4 Å². The Morgan fingerprint density at radius 3 is 2.28 bits per heavy atom. The molecule has 0 saturated heterocycles. The van der Waals surface area contributed by atoms with Crippen LogP contribution in [-0.2, 0) is 0 Å². The first-order valence-corrected chi connectivity index (χ1v) is 5.40. The molecule has 3 nitrogen and oxygen atoms in total. The van der Waals surface area contributed by atoms with Crippen LogP contribution in [0, 0.1) is 11.7 Å². The fourth-order valence-electron chi connectivity index (χ4n) is 1.51. The zero-order valence-electron chi connectivity index (χ0n) is 9.28. The fourth-order valence-corrected chi connectivity index (χ4v) is 1.83. The monoisotopic (exact) mass is 274 g/mol. The van der Waals surface area contributed by atoms with Crippen molar-refractivity contribution < 1.29 is 17.9 Å². The minimum atomic E-state index is -4.68. The van der Waals surface area contributed by atoms with Gasteiger partial charge in [-0.15, -0.1) is 13.2 Å². The summed E-state index contributed by atoms with van der Waals surface area (Å²) in [5.41, 5.74) is 1.54. The molecule has 1 N–H and O–H groups in total. The van der Waals surface area contributed by atoms with E-state index in [0.29, 0.717) is 10.5 Å². The number of aryl methyl sites for hydroxylation is 1. The van der Waals surface area contributed by atoms with Crippen LogP contribution in [0.3, 0.4) is 0 Å². The van der Waals surface area contributed by atoms with Gasteiger partial charge in [-0.25, -0.2) is 0 Å². The number of rotatable bonds is 2. The Labute approximate surface area is 106 Å². The number of hydrogen-bond acceptors (Lipinski definition) is 2. The zero-order valence-corrected chi connectivity index (χ0v) is 10.1. The molecule has 1 heterocycles. The normalized spacial score (nSPS) is 11.6. The SMILES string of the molecule is Cc1cn(-c2ccc(OC(F)(F)F)cc2)c(=S)[nH]1. The molecule has 0 saturated carbocycles. The third-order valence-electron chi connectivity index (χ3n) is 2.19. The Balaban J connectivity index is 2.28. The van der Waals surface area contributed by atoms with Crippen molar-refractivity contribution >= 4 is 12.2 Å². The van der Waals surface area contributed by atoms with Crippen LogP contribution in [0.25, 0.3) is 5.69 Å². The highest BCUT2D eigenvalue weighted by Crippen LogP contribution is 2.23. The van der Waals surface area contributed by atoms with Crippen molar-refractivity contribution in [3.05, 3.63) is 40.9 Å². The highest BCUT2D eigenvalue weighted by molar-refractivity contribution is 7.71. The summed E-state index contributed by atoms with van der Waals surface area (Å²) in [5, 5.41) is 0. The van der Waals surface area contributed by atoms with E-state index in [2.05, 4.69) is 9.72 Å². The Morgan fingerprint density at radius 2 is 1.83 bits per heavy atom. The molecule has 0 amide bonds. The maximum Gasteiger partial charge on any atom is 0.573 e. The summed E-state index contributed by atoms with van der Waals surface area (Å²) >= 11 is 5.07. The molecule has 0 fully saturated rings. The molecule has 96 valence electrons. The van der Waals surface area contributed by atoms with Crippen LogP contribution in [0.15, 0.2) is 30.5 Å². The number of hydrogen-bond donors (Lipinski definition) is 1. The van der Waals surface area contributed by atoms with Crippen molar-refractivity contribution in [3.63, 3.8) is 0 Å². The summed E-state index contributed by atoms with van der Waals surface area (Å²) in [4.78, 5) is 2.93. The van der Waals surface area contributed by atoms with Crippen molar-refractivity contribution in [2.75, 3.05) is 0 Å². The Bertz CT molecular complexity index is 598. The summed E-state index contributed by atoms with van der Waals surface area (Å²) in [5.74, 6) is -0.259. The molecular formula is C11H9F3N2OS. The fraction of sp³-hybridized carbons (Fsp3) is 0.182. The van der Waals surface area contributed by atoms with E-state index in [0.717, 1.165) is 5.69 Å². The summed E-state index contributed by atoms with van der Waals surface area (Å²) < 4.78 is 41.9. The topological polar surface area (TPSA) is 29.9 Å². The molecule has 1 aromatic carbocycles. The number of halogens is 3. The van der Waals surface area contributed by atoms with Crippen LogP contribution < -0.4 is 4.74 Å². The first-order valence-electron chi connectivity index (χ1n) is 4.99. The van der Waals surface area contributed by atoms with Gasteiger partial charge in [-0.05, 0) is 43.4 Å². The highest BCUT2D eigenvalue weighted by Gasteiger charge is 2.30. The first-order chi connectivity index (χ1) is 8.35. The van der Waals surface area contributed by atoms with E-state index < -0.39 is 6.36 Å². The maximum absolute atomic E-state index is 12.0. The summed E-state index contributed by atoms with van der Waals surface area (Å²) in [7, 11) is 0. The number of benzene rings is 1. The van der Waals surface area contributed by atoms with E-state index in [-0.39, 0.29) is 5.75 Å². The Kier molecular flexibility index (Phi) is 3.16. The summed E-state index contributed by atoms with van der Waals surface area (Å²) in [6, 6.07) is 5.49. The van der Waals surface area contributed by atoms with Crippen LogP contribution in [0.4, 0.5) is 13.2 Å². The smallest absolute Gasteiger partial charge is 0.406 e. The van der Waals surface area contributed by atoms with E-state index in [4.69, 9.17) is 12.2 Å². The van der Waals surface area contributed by atoms with Gasteiger partial charge in [0.15, 0.2) is 4.77 Å². The number of imidazole rings is 1. The lowest BCUT2D eigenvalue weighted by Gasteiger charge is -2.09. The van der Waals surface area contributed by atoms with Gasteiger partial charge in [-0.2, -0.15) is 0 Å². The van der Waals surface area contributed by atoms with Gasteiger partial charge in [-0.3, -0.25) is 4.57 Å². The standard InChI is InChI=1S/C11H9F3N2OS/c1-7-6-16(10(18)15-7)8-2-4-9(5-3-8)17-11(12,13)14/h2-6H,1H3,(H,15,18). The molecule has 0 aliphatic heterocycles. The molecule has 1 aromatic heterocycles. The van der Waals surface area contributed by atoms with Crippen LogP contribution >= 0.6 is 12.2 Å². The molecule has 0 bridgehead atoms. The zero-order chi connectivity index (χ0) is 13.3. The average molecular weight is 274 g/mol. The van der Waals surface area contributed by atoms with Crippen molar-refractivity contribution in [2.45, 2.75) is 13.3 Å². The molecule has 0 aliphatic carbocycles. The number of alkyl halides is 3. The van der Waals surface area contributed by atoms with E-state index >= 15 is 0 Å². The first kappa shape index (κ1) is 12.7. The van der Waals surface area contributed by atoms with Gasteiger partial charge in [0, 0.05) is 17.6 Å². The number of nitrogens with one attached hydrogen (secondary N) is 1. The molecule has 18 heavy (non-hydrogen) atoms. The van der Waals surface area contributed by atoms with Gasteiger partial charge in [0.05, 0.1) is 0 Å². The van der Waals surface area contributed by atoms with Crippen LogP contribution in [0.1, 0.15) is 5.69 Å².